The molecule has 5 heteroatoms. The number of ether oxygens (including phenoxy) is 1. The van der Waals surface area contributed by atoms with Crippen LogP contribution in [-0.4, -0.2) is 19.6 Å². The minimum absolute atomic E-state index is 0.433. The number of benzene rings is 1. The van der Waals surface area contributed by atoms with E-state index in [1.165, 1.54) is 32.1 Å². The fraction of sp³-hybridized carbons (Fsp3) is 0.562. The van der Waals surface area contributed by atoms with Crippen molar-refractivity contribution in [1.82, 2.24) is 0 Å². The molecule has 1 fully saturated rings. The Morgan fingerprint density at radius 1 is 1.43 bits per heavy atom. The first-order valence-corrected chi connectivity index (χ1v) is 7.97. The Morgan fingerprint density at radius 2 is 2.19 bits per heavy atom. The van der Waals surface area contributed by atoms with Gasteiger partial charge < -0.3 is 15.8 Å². The number of nitrogens with two attached hydrogens (primary N) is 1. The molecule has 1 saturated carbocycles. The number of anilines is 1. The van der Waals surface area contributed by atoms with Crippen molar-refractivity contribution in [2.45, 2.75) is 38.5 Å². The predicted octanol–water partition coefficient (Wildman–Crippen LogP) is 4.05. The maximum absolute atomic E-state index is 6.07. The Labute approximate surface area is 131 Å². The van der Waals surface area contributed by atoms with Gasteiger partial charge in [-0.2, -0.15) is 0 Å². The van der Waals surface area contributed by atoms with E-state index in [2.05, 4.69) is 10.3 Å². The number of aliphatic imine (C=N–C) groups is 1. The van der Waals surface area contributed by atoms with Crippen LogP contribution < -0.4 is 15.8 Å². The maximum atomic E-state index is 6.07. The fourth-order valence-electron chi connectivity index (χ4n) is 2.81. The molecule has 0 unspecified atom stereocenters. The molecule has 0 aliphatic heterocycles. The highest BCUT2D eigenvalue weighted by Gasteiger charge is 2.13. The highest BCUT2D eigenvalue weighted by Crippen LogP contribution is 2.28. The summed E-state index contributed by atoms with van der Waals surface area (Å²) < 4.78 is 5.11. The van der Waals surface area contributed by atoms with Gasteiger partial charge in [0.2, 0.25) is 0 Å². The summed E-state index contributed by atoms with van der Waals surface area (Å²) >= 11 is 6.07. The Morgan fingerprint density at radius 3 is 2.86 bits per heavy atom. The van der Waals surface area contributed by atoms with Crippen molar-refractivity contribution >= 4 is 23.2 Å². The summed E-state index contributed by atoms with van der Waals surface area (Å²) in [6.07, 6.45) is 7.96. The second-order valence-electron chi connectivity index (χ2n) is 5.53. The number of nitrogens with one attached hydrogen (secondary N) is 1. The standard InChI is InChI=1S/C16H24ClN3O/c1-21-15-9-8-13(11-14(15)17)20-16(18)19-10-4-7-12-5-2-3-6-12/h8-9,11-12H,2-7,10H2,1H3,(H3,18,19,20). The molecule has 3 N–H and O–H groups in total. The van der Waals surface area contributed by atoms with Crippen LogP contribution in [0.4, 0.5) is 5.69 Å². The summed E-state index contributed by atoms with van der Waals surface area (Å²) in [5.41, 5.74) is 6.70. The Bertz CT molecular complexity index is 484. The Hall–Kier alpha value is -1.42. The van der Waals surface area contributed by atoms with Gasteiger partial charge in [-0.15, -0.1) is 0 Å². The minimum Gasteiger partial charge on any atom is -0.495 e. The number of rotatable bonds is 6. The maximum Gasteiger partial charge on any atom is 0.193 e. The highest BCUT2D eigenvalue weighted by atomic mass is 35.5. The summed E-state index contributed by atoms with van der Waals surface area (Å²) in [6, 6.07) is 5.45. The van der Waals surface area contributed by atoms with Crippen molar-refractivity contribution in [3.05, 3.63) is 23.2 Å². The lowest BCUT2D eigenvalue weighted by molar-refractivity contribution is 0.415. The van der Waals surface area contributed by atoms with E-state index < -0.39 is 0 Å². The van der Waals surface area contributed by atoms with Gasteiger partial charge in [-0.25, -0.2) is 0 Å². The third-order valence-corrected chi connectivity index (χ3v) is 4.25. The smallest absolute Gasteiger partial charge is 0.193 e. The van der Waals surface area contributed by atoms with Crippen LogP contribution in [-0.2, 0) is 0 Å². The lowest BCUT2D eigenvalue weighted by Crippen LogP contribution is -2.22. The van der Waals surface area contributed by atoms with Gasteiger partial charge in [0.05, 0.1) is 12.1 Å². The summed E-state index contributed by atoms with van der Waals surface area (Å²) in [7, 11) is 1.59. The van der Waals surface area contributed by atoms with E-state index in [0.717, 1.165) is 24.6 Å². The van der Waals surface area contributed by atoms with E-state index >= 15 is 0 Å². The van der Waals surface area contributed by atoms with Crippen LogP contribution in [0.15, 0.2) is 23.2 Å². The Balaban J connectivity index is 1.75. The van der Waals surface area contributed by atoms with Gasteiger partial charge in [0.25, 0.3) is 0 Å². The van der Waals surface area contributed by atoms with Gasteiger partial charge in [0, 0.05) is 12.2 Å². The molecule has 0 heterocycles. The van der Waals surface area contributed by atoms with Crippen LogP contribution in [0.1, 0.15) is 38.5 Å². The van der Waals surface area contributed by atoms with Crippen LogP contribution in [0, 0.1) is 5.92 Å². The molecule has 1 aliphatic rings. The zero-order valence-corrected chi connectivity index (χ0v) is 13.3. The molecule has 0 amide bonds. The summed E-state index contributed by atoms with van der Waals surface area (Å²) in [5.74, 6) is 1.99. The zero-order chi connectivity index (χ0) is 15.1. The average Bonchev–Trinajstić information content (AvgIpc) is 2.97. The first kappa shape index (κ1) is 16.0. The molecule has 0 spiro atoms. The van der Waals surface area contributed by atoms with E-state index in [1.54, 1.807) is 19.2 Å². The molecule has 0 radical (unpaired) electrons. The number of hydrogen-bond acceptors (Lipinski definition) is 2. The van der Waals surface area contributed by atoms with E-state index in [9.17, 15) is 0 Å². The monoisotopic (exact) mass is 309 g/mol. The number of methoxy groups -OCH3 is 1. The van der Waals surface area contributed by atoms with Crippen molar-refractivity contribution in [2.24, 2.45) is 16.6 Å². The average molecular weight is 310 g/mol. The largest absolute Gasteiger partial charge is 0.495 e. The fourth-order valence-corrected chi connectivity index (χ4v) is 3.07. The van der Waals surface area contributed by atoms with Crippen molar-refractivity contribution in [1.29, 1.82) is 0 Å². The molecular formula is C16H24ClN3O. The molecule has 0 saturated heterocycles. The molecule has 1 aromatic rings. The lowest BCUT2D eigenvalue weighted by atomic mass is 10.0. The summed E-state index contributed by atoms with van der Waals surface area (Å²) in [5, 5.41) is 3.60. The zero-order valence-electron chi connectivity index (χ0n) is 12.6. The van der Waals surface area contributed by atoms with Gasteiger partial charge in [0.1, 0.15) is 5.75 Å². The highest BCUT2D eigenvalue weighted by molar-refractivity contribution is 6.32. The molecule has 2 rings (SSSR count). The van der Waals surface area contributed by atoms with Crippen LogP contribution in [0.2, 0.25) is 5.02 Å². The molecule has 0 bridgehead atoms. The second-order valence-corrected chi connectivity index (χ2v) is 5.94. The predicted molar refractivity (Wildman–Crippen MR) is 89.3 cm³/mol. The van der Waals surface area contributed by atoms with Crippen LogP contribution in [0.25, 0.3) is 0 Å². The molecule has 0 aromatic heterocycles. The molecule has 1 aromatic carbocycles. The first-order chi connectivity index (χ1) is 10.2. The number of halogens is 1. The van der Waals surface area contributed by atoms with Gasteiger partial charge in [-0.3, -0.25) is 4.99 Å². The topological polar surface area (TPSA) is 59.6 Å². The molecular weight excluding hydrogens is 286 g/mol. The van der Waals surface area contributed by atoms with Gasteiger partial charge in [-0.1, -0.05) is 37.3 Å². The Kier molecular flexibility index (Phi) is 6.18. The third-order valence-electron chi connectivity index (χ3n) is 3.95. The molecule has 0 atom stereocenters. The SMILES string of the molecule is COc1ccc(NC(N)=NCCCC2CCCC2)cc1Cl. The number of nitrogens with zero attached hydrogens (tertiary/aromatic N) is 1. The minimum atomic E-state index is 0.433. The molecule has 116 valence electrons. The summed E-state index contributed by atoms with van der Waals surface area (Å²) in [4.78, 5) is 4.36. The first-order valence-electron chi connectivity index (χ1n) is 7.59. The van der Waals surface area contributed by atoms with Gasteiger partial charge in [-0.05, 0) is 37.0 Å². The molecule has 21 heavy (non-hydrogen) atoms. The summed E-state index contributed by atoms with van der Waals surface area (Å²) in [6.45, 7) is 0.777. The number of hydrogen-bond donors (Lipinski definition) is 2. The van der Waals surface area contributed by atoms with Crippen LogP contribution >= 0.6 is 11.6 Å². The third kappa shape index (κ3) is 5.12. The van der Waals surface area contributed by atoms with Crippen LogP contribution in [0.3, 0.4) is 0 Å². The van der Waals surface area contributed by atoms with Gasteiger partial charge in [0.15, 0.2) is 5.96 Å². The number of guanidine groups is 1. The lowest BCUT2D eigenvalue weighted by Gasteiger charge is -2.09. The van der Waals surface area contributed by atoms with Crippen molar-refractivity contribution < 1.29 is 4.74 Å². The second kappa shape index (κ2) is 8.13. The van der Waals surface area contributed by atoms with Crippen molar-refractivity contribution in [3.63, 3.8) is 0 Å². The van der Waals surface area contributed by atoms with E-state index in [0.29, 0.717) is 16.7 Å². The molecule has 1 aliphatic carbocycles. The van der Waals surface area contributed by atoms with E-state index in [-0.39, 0.29) is 0 Å². The normalized spacial score (nSPS) is 16.2. The van der Waals surface area contributed by atoms with Crippen LogP contribution in [0.5, 0.6) is 5.75 Å². The van der Waals surface area contributed by atoms with E-state index in [1.807, 2.05) is 6.07 Å². The van der Waals surface area contributed by atoms with Crippen molar-refractivity contribution in [3.8, 4) is 5.75 Å². The van der Waals surface area contributed by atoms with E-state index in [4.69, 9.17) is 22.1 Å². The van der Waals surface area contributed by atoms with Gasteiger partial charge >= 0.3 is 0 Å². The molecule has 4 nitrogen and oxygen atoms in total. The van der Waals surface area contributed by atoms with Crippen molar-refractivity contribution in [2.75, 3.05) is 19.0 Å². The quantitative estimate of drug-likeness (QED) is 0.473.